The fourth-order valence-electron chi connectivity index (χ4n) is 9.15. The maximum atomic E-state index is 14.2. The van der Waals surface area contributed by atoms with Gasteiger partial charge in [0.15, 0.2) is 5.65 Å². The number of carbonyl (C=O) groups excluding carboxylic acids is 1. The smallest absolute Gasteiger partial charge is 0.433 e. The Morgan fingerprint density at radius 2 is 1.78 bits per heavy atom. The molecule has 0 radical (unpaired) electrons. The number of aromatic nitrogens is 8. The molecule has 0 aromatic carbocycles. The number of pyridine rings is 3. The number of anilines is 4. The highest BCUT2D eigenvalue weighted by Gasteiger charge is 2.39. The lowest BCUT2D eigenvalue weighted by Crippen LogP contribution is -2.40. The normalized spacial score (nSPS) is 17.0. The van der Waals surface area contributed by atoms with Crippen molar-refractivity contribution in [2.24, 2.45) is 0 Å². The van der Waals surface area contributed by atoms with Crippen molar-refractivity contribution < 1.29 is 41.7 Å². The number of aliphatic hydroxyl groups is 1. The number of rotatable bonds is 23. The Bertz CT molecular complexity index is 2900. The van der Waals surface area contributed by atoms with Gasteiger partial charge in [-0.15, -0.1) is 0 Å². The number of ether oxygens (including phenoxy) is 3. The lowest BCUT2D eigenvalue weighted by Gasteiger charge is -2.36. The van der Waals surface area contributed by atoms with E-state index >= 15 is 0 Å². The molecule has 18 nitrogen and oxygen atoms in total. The molecule has 2 aliphatic rings. The van der Waals surface area contributed by atoms with Gasteiger partial charge in [-0.1, -0.05) is 13.0 Å². The molecule has 2 aliphatic heterocycles. The molecule has 0 unspecified atom stereocenters. The van der Waals surface area contributed by atoms with Crippen molar-refractivity contribution in [2.45, 2.75) is 116 Å². The molecule has 4 atom stereocenters. The number of fused-ring (bicyclic) bond motifs is 1. The third-order valence-electron chi connectivity index (χ3n) is 13.1. The van der Waals surface area contributed by atoms with Crippen LogP contribution in [0.5, 0.6) is 0 Å². The van der Waals surface area contributed by atoms with Gasteiger partial charge in [-0.3, -0.25) is 14.7 Å². The van der Waals surface area contributed by atoms with Crippen molar-refractivity contribution in [1.82, 2.24) is 39.1 Å². The van der Waals surface area contributed by atoms with Crippen molar-refractivity contribution in [1.29, 1.82) is 0 Å². The van der Waals surface area contributed by atoms with Crippen LogP contribution in [0.2, 0.25) is 0 Å². The third kappa shape index (κ3) is 12.9. The number of hydrogen-bond acceptors (Lipinski definition) is 15. The Balaban J connectivity index is 0.805. The van der Waals surface area contributed by atoms with Crippen LogP contribution in [0, 0.1) is 6.92 Å². The highest BCUT2D eigenvalue weighted by atomic mass is 19.4. The number of alkyl halides is 4. The Morgan fingerprint density at radius 3 is 2.55 bits per heavy atom. The molecule has 0 saturated carbocycles. The minimum atomic E-state index is -4.68. The van der Waals surface area contributed by atoms with E-state index in [2.05, 4.69) is 47.5 Å². The van der Waals surface area contributed by atoms with Crippen LogP contribution in [0.15, 0.2) is 72.0 Å². The predicted octanol–water partition coefficient (Wildman–Crippen LogP) is 7.90. The average Bonchev–Trinajstić information content (AvgIpc) is 3.99. The number of piperidine rings is 1. The van der Waals surface area contributed by atoms with Crippen LogP contribution in [0.4, 0.5) is 45.8 Å². The molecule has 6 aromatic rings. The molecule has 22 heteroatoms. The summed E-state index contributed by atoms with van der Waals surface area (Å²) in [6.07, 6.45) is 5.15. The molecule has 2 saturated heterocycles. The van der Waals surface area contributed by atoms with Crippen LogP contribution >= 0.6 is 0 Å². The zero-order valence-corrected chi connectivity index (χ0v) is 41.4. The molecule has 8 rings (SSSR count). The Morgan fingerprint density at radius 1 is 0.959 bits per heavy atom. The Labute approximate surface area is 420 Å². The summed E-state index contributed by atoms with van der Waals surface area (Å²) in [6, 6.07) is 10.1. The van der Waals surface area contributed by atoms with E-state index in [-0.39, 0.29) is 75.1 Å². The van der Waals surface area contributed by atoms with Crippen LogP contribution in [0.25, 0.3) is 16.8 Å². The standard InChI is InChI=1S/C51H62F4N12O6/c1-5-36-28-59-67-45(26-46(62-48(36)67)65-16-7-6-10-39(65)14-18-68)58-27-35-11-12-47(69)64(30-35)17-20-72-22-21-71-19-8-9-38-24-37(25-43(61-38)51(53,54)55)40-29-57-41(23-32(40)2)34(4)60-49-56-15-13-44(63-49)66-42(33(3)52)31-73-50(66)70/h11-13,15,23-26,28-30,33-34,39,42,58,68H,5-10,14,16-22,27,31H2,1-4H3,(H,56,60,63)/t33-,34-,39-,42+/m0/s1. The van der Waals surface area contributed by atoms with E-state index in [0.29, 0.717) is 48.3 Å². The number of nitrogens with one attached hydrogen (secondary N) is 2. The SMILES string of the molecule is CCc1cnn2c(NCc3ccc(=O)n(CCOCCOCCCc4cc(-c5cnc([C@H](C)Nc6nccc(N7C(=O)OC[C@@H]7[C@H](C)F)n6)cc5C)cc(C(F)(F)F)n4)c3)cc(N3CCCC[C@H]3CCO)nc12. The summed E-state index contributed by atoms with van der Waals surface area (Å²) < 4.78 is 76.6. The summed E-state index contributed by atoms with van der Waals surface area (Å²) >= 11 is 0. The largest absolute Gasteiger partial charge is 0.447 e. The maximum Gasteiger partial charge on any atom is 0.433 e. The highest BCUT2D eigenvalue weighted by Crippen LogP contribution is 2.34. The Hall–Kier alpha value is -6.78. The number of nitrogens with zero attached hydrogens (tertiary/aromatic N) is 10. The highest BCUT2D eigenvalue weighted by molar-refractivity contribution is 5.89. The predicted molar refractivity (Wildman–Crippen MR) is 267 cm³/mol. The molecule has 8 heterocycles. The van der Waals surface area contributed by atoms with Gasteiger partial charge in [0.05, 0.1) is 37.8 Å². The van der Waals surface area contributed by atoms with Gasteiger partial charge in [0.25, 0.3) is 5.56 Å². The van der Waals surface area contributed by atoms with Crippen LogP contribution < -0.4 is 26.0 Å². The first kappa shape index (κ1) is 52.5. The van der Waals surface area contributed by atoms with Crippen LogP contribution in [0.3, 0.4) is 0 Å². The summed E-state index contributed by atoms with van der Waals surface area (Å²) in [4.78, 5) is 50.7. The van der Waals surface area contributed by atoms with Gasteiger partial charge in [-0.05, 0) is 107 Å². The first-order valence-corrected chi connectivity index (χ1v) is 24.8. The summed E-state index contributed by atoms with van der Waals surface area (Å²) in [6.45, 7) is 9.67. The first-order chi connectivity index (χ1) is 35.2. The van der Waals surface area contributed by atoms with E-state index < -0.39 is 36.2 Å². The van der Waals surface area contributed by atoms with Gasteiger partial charge in [0, 0.05) is 86.4 Å². The first-order valence-electron chi connectivity index (χ1n) is 24.8. The number of aryl methyl sites for hydroxylation is 3. The van der Waals surface area contributed by atoms with E-state index in [0.717, 1.165) is 71.6 Å². The van der Waals surface area contributed by atoms with Crippen LogP contribution in [0.1, 0.15) is 92.7 Å². The van der Waals surface area contributed by atoms with Crippen molar-refractivity contribution in [3.63, 3.8) is 0 Å². The zero-order valence-electron chi connectivity index (χ0n) is 41.4. The maximum absolute atomic E-state index is 14.2. The number of cyclic esters (lactones) is 1. The average molecular weight is 1020 g/mol. The summed E-state index contributed by atoms with van der Waals surface area (Å²) in [5.74, 6) is 1.96. The summed E-state index contributed by atoms with van der Waals surface area (Å²) in [5, 5.41) is 21.0. The second kappa shape index (κ2) is 23.8. The summed E-state index contributed by atoms with van der Waals surface area (Å²) in [5.41, 5.74) is 3.85. The van der Waals surface area contributed by atoms with E-state index in [1.54, 1.807) is 35.9 Å². The molecular formula is C51H62F4N12O6. The number of amides is 1. The van der Waals surface area contributed by atoms with Gasteiger partial charge in [-0.2, -0.15) is 27.8 Å². The van der Waals surface area contributed by atoms with Gasteiger partial charge in [-0.25, -0.2) is 24.1 Å². The van der Waals surface area contributed by atoms with Gasteiger partial charge in [0.1, 0.15) is 42.0 Å². The summed E-state index contributed by atoms with van der Waals surface area (Å²) in [7, 11) is 0. The Kier molecular flexibility index (Phi) is 17.2. The number of hydrogen-bond donors (Lipinski definition) is 3. The quantitative estimate of drug-likeness (QED) is 0.0413. The minimum Gasteiger partial charge on any atom is -0.447 e. The molecule has 73 heavy (non-hydrogen) atoms. The zero-order chi connectivity index (χ0) is 51.6. The van der Waals surface area contributed by atoms with Crippen LogP contribution in [-0.4, -0.2) is 115 Å². The molecule has 2 fully saturated rings. The fourth-order valence-corrected chi connectivity index (χ4v) is 9.15. The number of carbonyl (C=O) groups is 1. The lowest BCUT2D eigenvalue weighted by atomic mass is 9.99. The molecule has 0 aliphatic carbocycles. The fraction of sp³-hybridized carbons (Fsp3) is 0.490. The minimum absolute atomic E-state index is 0.102. The monoisotopic (exact) mass is 1010 g/mol. The molecular weight excluding hydrogens is 953 g/mol. The molecule has 0 bridgehead atoms. The number of aliphatic hydroxyl groups excluding tert-OH is 1. The lowest BCUT2D eigenvalue weighted by molar-refractivity contribution is -0.141. The van der Waals surface area contributed by atoms with E-state index in [9.17, 15) is 32.3 Å². The third-order valence-corrected chi connectivity index (χ3v) is 13.1. The second-order valence-corrected chi connectivity index (χ2v) is 18.3. The van der Waals surface area contributed by atoms with E-state index in [1.807, 2.05) is 23.7 Å². The van der Waals surface area contributed by atoms with Gasteiger partial charge >= 0.3 is 12.3 Å². The molecule has 3 N–H and O–H groups in total. The van der Waals surface area contributed by atoms with Crippen molar-refractivity contribution in [3.8, 4) is 11.1 Å². The van der Waals surface area contributed by atoms with Gasteiger partial charge < -0.3 is 39.4 Å². The van der Waals surface area contributed by atoms with Crippen molar-refractivity contribution >= 4 is 35.1 Å². The topological polar surface area (TPSA) is 199 Å². The van der Waals surface area contributed by atoms with Gasteiger partial charge in [0.2, 0.25) is 5.95 Å². The molecule has 0 spiro atoms. The van der Waals surface area contributed by atoms with Crippen LogP contribution in [-0.2, 0) is 46.3 Å². The van der Waals surface area contributed by atoms with Crippen molar-refractivity contribution in [2.75, 3.05) is 66.6 Å². The molecule has 1 amide bonds. The molecule has 390 valence electrons. The second-order valence-electron chi connectivity index (χ2n) is 18.3. The molecule has 6 aromatic heterocycles. The number of halogens is 4. The van der Waals surface area contributed by atoms with E-state index in [1.165, 1.54) is 31.5 Å². The van der Waals surface area contributed by atoms with Crippen molar-refractivity contribution in [3.05, 3.63) is 111 Å². The van der Waals surface area contributed by atoms with E-state index in [4.69, 9.17) is 19.2 Å².